The third-order valence-electron chi connectivity index (χ3n) is 3.56. The molecule has 0 spiro atoms. The molecule has 1 aromatic carbocycles. The van der Waals surface area contributed by atoms with Gasteiger partial charge in [-0.3, -0.25) is 4.98 Å². The molecule has 0 bridgehead atoms. The first-order valence-corrected chi connectivity index (χ1v) is 6.66. The fourth-order valence-corrected chi connectivity index (χ4v) is 2.55. The van der Waals surface area contributed by atoms with Gasteiger partial charge in [0, 0.05) is 23.7 Å². The van der Waals surface area contributed by atoms with E-state index in [0.717, 1.165) is 30.0 Å². The van der Waals surface area contributed by atoms with Crippen LogP contribution in [0.15, 0.2) is 30.3 Å². The summed E-state index contributed by atoms with van der Waals surface area (Å²) < 4.78 is 0. The van der Waals surface area contributed by atoms with Crippen LogP contribution in [0.1, 0.15) is 18.5 Å². The summed E-state index contributed by atoms with van der Waals surface area (Å²) >= 11 is 0. The molecule has 1 atom stereocenters. The SMILES string of the molecule is Cc1ccc2cccc(NCC3CCCN3)c2n1. The normalized spacial score (nSPS) is 19.3. The summed E-state index contributed by atoms with van der Waals surface area (Å²) in [5.41, 5.74) is 3.29. The molecule has 0 saturated carbocycles. The quantitative estimate of drug-likeness (QED) is 0.867. The lowest BCUT2D eigenvalue weighted by Gasteiger charge is -2.14. The second-order valence-corrected chi connectivity index (χ2v) is 5.00. The van der Waals surface area contributed by atoms with E-state index in [1.807, 2.05) is 6.92 Å². The van der Waals surface area contributed by atoms with Crippen molar-refractivity contribution in [3.63, 3.8) is 0 Å². The highest BCUT2D eigenvalue weighted by Gasteiger charge is 2.13. The molecule has 3 rings (SSSR count). The van der Waals surface area contributed by atoms with Gasteiger partial charge in [0.1, 0.15) is 0 Å². The standard InChI is InChI=1S/C15H19N3/c1-11-7-8-12-4-2-6-14(15(12)18-11)17-10-13-5-3-9-16-13/h2,4,6-8,13,16-17H,3,5,9-10H2,1H3. The van der Waals surface area contributed by atoms with Gasteiger partial charge in [-0.1, -0.05) is 18.2 Å². The zero-order valence-corrected chi connectivity index (χ0v) is 10.7. The van der Waals surface area contributed by atoms with Crippen molar-refractivity contribution < 1.29 is 0 Å². The van der Waals surface area contributed by atoms with Crippen LogP contribution in [0, 0.1) is 6.92 Å². The maximum absolute atomic E-state index is 4.64. The van der Waals surface area contributed by atoms with E-state index in [-0.39, 0.29) is 0 Å². The Balaban J connectivity index is 1.84. The van der Waals surface area contributed by atoms with Crippen LogP contribution in [0.25, 0.3) is 10.9 Å². The minimum absolute atomic E-state index is 0.602. The molecule has 0 radical (unpaired) electrons. The third kappa shape index (κ3) is 2.31. The van der Waals surface area contributed by atoms with Gasteiger partial charge in [0.2, 0.25) is 0 Å². The van der Waals surface area contributed by atoms with Crippen molar-refractivity contribution >= 4 is 16.6 Å². The molecule has 2 N–H and O–H groups in total. The highest BCUT2D eigenvalue weighted by molar-refractivity contribution is 5.90. The Hall–Kier alpha value is -1.61. The minimum Gasteiger partial charge on any atom is -0.382 e. The van der Waals surface area contributed by atoms with E-state index in [0.29, 0.717) is 6.04 Å². The van der Waals surface area contributed by atoms with Gasteiger partial charge in [-0.25, -0.2) is 0 Å². The van der Waals surface area contributed by atoms with E-state index in [2.05, 4.69) is 45.9 Å². The summed E-state index contributed by atoms with van der Waals surface area (Å²) in [4.78, 5) is 4.64. The zero-order chi connectivity index (χ0) is 12.4. The zero-order valence-electron chi connectivity index (χ0n) is 10.7. The van der Waals surface area contributed by atoms with Crippen LogP contribution in [0.4, 0.5) is 5.69 Å². The lowest BCUT2D eigenvalue weighted by molar-refractivity contribution is 0.634. The maximum atomic E-state index is 4.64. The van der Waals surface area contributed by atoms with Gasteiger partial charge in [0.25, 0.3) is 0 Å². The lowest BCUT2D eigenvalue weighted by atomic mass is 10.1. The molecule has 1 saturated heterocycles. The van der Waals surface area contributed by atoms with Crippen LogP contribution in [-0.4, -0.2) is 24.1 Å². The van der Waals surface area contributed by atoms with Gasteiger partial charge in [0.15, 0.2) is 0 Å². The van der Waals surface area contributed by atoms with Gasteiger partial charge in [-0.15, -0.1) is 0 Å². The van der Waals surface area contributed by atoms with Gasteiger partial charge >= 0.3 is 0 Å². The number of fused-ring (bicyclic) bond motifs is 1. The Morgan fingerprint density at radius 3 is 3.11 bits per heavy atom. The predicted octanol–water partition coefficient (Wildman–Crippen LogP) is 2.71. The monoisotopic (exact) mass is 241 g/mol. The number of pyridine rings is 1. The number of hydrogen-bond donors (Lipinski definition) is 2. The molecule has 3 heteroatoms. The molecule has 0 aliphatic carbocycles. The summed E-state index contributed by atoms with van der Waals surface area (Å²) in [5, 5.41) is 8.23. The second-order valence-electron chi connectivity index (χ2n) is 5.00. The maximum Gasteiger partial charge on any atom is 0.0936 e. The number of aromatic nitrogens is 1. The fraction of sp³-hybridized carbons (Fsp3) is 0.400. The number of aryl methyl sites for hydroxylation is 1. The number of rotatable bonds is 3. The summed E-state index contributed by atoms with van der Waals surface area (Å²) in [5.74, 6) is 0. The van der Waals surface area contributed by atoms with E-state index in [1.165, 1.54) is 18.2 Å². The molecule has 1 fully saturated rings. The van der Waals surface area contributed by atoms with Crippen molar-refractivity contribution in [2.24, 2.45) is 0 Å². The smallest absolute Gasteiger partial charge is 0.0936 e. The van der Waals surface area contributed by atoms with Crippen molar-refractivity contribution in [1.29, 1.82) is 0 Å². The highest BCUT2D eigenvalue weighted by atomic mass is 15.0. The summed E-state index contributed by atoms with van der Waals surface area (Å²) in [6, 6.07) is 11.1. The van der Waals surface area contributed by atoms with Crippen LogP contribution < -0.4 is 10.6 Å². The Morgan fingerprint density at radius 1 is 1.33 bits per heavy atom. The van der Waals surface area contributed by atoms with E-state index in [4.69, 9.17) is 0 Å². The molecular weight excluding hydrogens is 222 g/mol. The molecule has 2 heterocycles. The van der Waals surface area contributed by atoms with Gasteiger partial charge in [0.05, 0.1) is 11.2 Å². The highest BCUT2D eigenvalue weighted by Crippen LogP contribution is 2.22. The molecule has 1 aliphatic rings. The molecule has 1 aliphatic heterocycles. The molecule has 0 amide bonds. The molecule has 3 nitrogen and oxygen atoms in total. The van der Waals surface area contributed by atoms with Crippen molar-refractivity contribution in [3.05, 3.63) is 36.0 Å². The van der Waals surface area contributed by atoms with E-state index in [1.54, 1.807) is 0 Å². The Bertz CT molecular complexity index is 544. The predicted molar refractivity (Wildman–Crippen MR) is 76.0 cm³/mol. The van der Waals surface area contributed by atoms with Crippen LogP contribution in [-0.2, 0) is 0 Å². The number of para-hydroxylation sites is 1. The topological polar surface area (TPSA) is 37.0 Å². The lowest BCUT2D eigenvalue weighted by Crippen LogP contribution is -2.29. The van der Waals surface area contributed by atoms with Crippen LogP contribution in [0.2, 0.25) is 0 Å². The van der Waals surface area contributed by atoms with Crippen molar-refractivity contribution in [2.75, 3.05) is 18.4 Å². The summed E-state index contributed by atoms with van der Waals surface area (Å²) in [7, 11) is 0. The first kappa shape index (κ1) is 11.5. The minimum atomic E-state index is 0.602. The number of anilines is 1. The molecule has 1 aromatic heterocycles. The third-order valence-corrected chi connectivity index (χ3v) is 3.56. The summed E-state index contributed by atoms with van der Waals surface area (Å²) in [6.45, 7) is 4.17. The molecular formula is C15H19N3. The molecule has 1 unspecified atom stereocenters. The van der Waals surface area contributed by atoms with Crippen molar-refractivity contribution in [3.8, 4) is 0 Å². The largest absolute Gasteiger partial charge is 0.382 e. The molecule has 94 valence electrons. The second kappa shape index (κ2) is 4.94. The Labute approximate surface area is 108 Å². The fourth-order valence-electron chi connectivity index (χ4n) is 2.55. The summed E-state index contributed by atoms with van der Waals surface area (Å²) in [6.07, 6.45) is 2.56. The first-order chi connectivity index (χ1) is 8.83. The number of nitrogens with zero attached hydrogens (tertiary/aromatic N) is 1. The van der Waals surface area contributed by atoms with E-state index >= 15 is 0 Å². The number of nitrogens with one attached hydrogen (secondary N) is 2. The molecule has 2 aromatic rings. The number of hydrogen-bond acceptors (Lipinski definition) is 3. The van der Waals surface area contributed by atoms with Crippen LogP contribution >= 0.6 is 0 Å². The average molecular weight is 241 g/mol. The van der Waals surface area contributed by atoms with E-state index < -0.39 is 0 Å². The van der Waals surface area contributed by atoms with Gasteiger partial charge in [-0.05, 0) is 38.4 Å². The van der Waals surface area contributed by atoms with E-state index in [9.17, 15) is 0 Å². The number of benzene rings is 1. The average Bonchev–Trinajstić information content (AvgIpc) is 2.89. The Kier molecular flexibility index (Phi) is 3.15. The molecule has 18 heavy (non-hydrogen) atoms. The Morgan fingerprint density at radius 2 is 2.28 bits per heavy atom. The van der Waals surface area contributed by atoms with Gasteiger partial charge < -0.3 is 10.6 Å². The van der Waals surface area contributed by atoms with Crippen molar-refractivity contribution in [1.82, 2.24) is 10.3 Å². The van der Waals surface area contributed by atoms with Crippen molar-refractivity contribution in [2.45, 2.75) is 25.8 Å². The van der Waals surface area contributed by atoms with Gasteiger partial charge in [-0.2, -0.15) is 0 Å². The van der Waals surface area contributed by atoms with Crippen LogP contribution in [0.3, 0.4) is 0 Å². The first-order valence-electron chi connectivity index (χ1n) is 6.66. The van der Waals surface area contributed by atoms with Crippen LogP contribution in [0.5, 0.6) is 0 Å².